The number of aryl methyl sites for hydroxylation is 2. The van der Waals surface area contributed by atoms with E-state index in [9.17, 15) is 4.79 Å². The summed E-state index contributed by atoms with van der Waals surface area (Å²) in [6, 6.07) is 15.5. The Bertz CT molecular complexity index is 798. The predicted molar refractivity (Wildman–Crippen MR) is 125 cm³/mol. The first-order valence-electron chi connectivity index (χ1n) is 10.4. The Hall–Kier alpha value is -3.53. The Kier molecular flexibility index (Phi) is 21.2. The molecule has 3 N–H and O–H groups in total. The molecule has 0 saturated carbocycles. The van der Waals surface area contributed by atoms with Crippen molar-refractivity contribution >= 4 is 18.1 Å². The van der Waals surface area contributed by atoms with Crippen molar-refractivity contribution in [2.75, 3.05) is 6.61 Å². The van der Waals surface area contributed by atoms with E-state index >= 15 is 0 Å². The summed E-state index contributed by atoms with van der Waals surface area (Å²) in [6.45, 7) is 6.76. The number of carboxylic acid groups (broad SMARTS) is 1. The summed E-state index contributed by atoms with van der Waals surface area (Å²) < 4.78 is 5.65. The zero-order valence-corrected chi connectivity index (χ0v) is 19.1. The second-order valence-corrected chi connectivity index (χ2v) is 6.73. The van der Waals surface area contributed by atoms with Gasteiger partial charge in [0, 0.05) is 0 Å². The van der Waals surface area contributed by atoms with Crippen molar-refractivity contribution in [2.24, 2.45) is 0 Å². The molecule has 0 unspecified atom stereocenters. The van der Waals surface area contributed by atoms with Crippen LogP contribution in [-0.4, -0.2) is 29.8 Å². The van der Waals surface area contributed by atoms with Crippen LogP contribution in [0, 0.1) is 24.7 Å². The average molecular weight is 443 g/mol. The van der Waals surface area contributed by atoms with Gasteiger partial charge in [-0.1, -0.05) is 87.1 Å². The van der Waals surface area contributed by atoms with Crippen LogP contribution in [0.3, 0.4) is 0 Å². The standard InChI is InChI=1S/C16H24O3.C7H8.2CHNO/c1-3-4-5-6-7-8-12-19-15-13(2)10-9-11-14(15)16(17)18;1-7-5-3-2-4-6-7;2*2-1-3/h9-11H,3-8,12H2,1-2H3,(H,17,18);2-6H,1H3;2*2H. The fourth-order valence-electron chi connectivity index (χ4n) is 2.60. The normalized spacial score (nSPS) is 8.59. The third-order valence-electron chi connectivity index (χ3n) is 4.13. The molecule has 0 fully saturated rings. The van der Waals surface area contributed by atoms with E-state index in [1.165, 1.54) is 31.2 Å². The van der Waals surface area contributed by atoms with Gasteiger partial charge in [-0.25, -0.2) is 25.2 Å². The molecule has 7 heteroatoms. The molecule has 0 aliphatic rings. The van der Waals surface area contributed by atoms with Crippen molar-refractivity contribution < 1.29 is 24.2 Å². The van der Waals surface area contributed by atoms with E-state index in [0.29, 0.717) is 12.4 Å². The van der Waals surface area contributed by atoms with Crippen molar-refractivity contribution in [1.82, 2.24) is 0 Å². The van der Waals surface area contributed by atoms with Gasteiger partial charge in [-0.15, -0.1) is 0 Å². The number of aromatic carboxylic acids is 1. The van der Waals surface area contributed by atoms with E-state index in [4.69, 9.17) is 30.3 Å². The van der Waals surface area contributed by atoms with Crippen molar-refractivity contribution in [1.29, 1.82) is 10.8 Å². The van der Waals surface area contributed by atoms with Crippen LogP contribution in [0.1, 0.15) is 66.9 Å². The summed E-state index contributed by atoms with van der Waals surface area (Å²) in [6.07, 6.45) is 8.69. The molecular weight excluding hydrogens is 408 g/mol. The lowest BCUT2D eigenvalue weighted by Gasteiger charge is -2.11. The molecule has 0 saturated heterocycles. The van der Waals surface area contributed by atoms with Crippen LogP contribution in [0.25, 0.3) is 0 Å². The zero-order valence-electron chi connectivity index (χ0n) is 19.1. The SMILES string of the molecule is CCCCCCCCOc1c(C)cccc1C(=O)O.Cc1ccccc1.N=C=O.N=C=O. The fraction of sp³-hybridized carbons (Fsp3) is 0.400. The van der Waals surface area contributed by atoms with Crippen LogP contribution in [0.2, 0.25) is 0 Å². The number of isocyanates is 2. The van der Waals surface area contributed by atoms with Gasteiger partial charge in [0.15, 0.2) is 0 Å². The van der Waals surface area contributed by atoms with Gasteiger partial charge in [-0.2, -0.15) is 0 Å². The summed E-state index contributed by atoms with van der Waals surface area (Å²) in [5.74, 6) is -0.412. The number of nitrogens with one attached hydrogen (secondary N) is 2. The Morgan fingerprint density at radius 1 is 0.875 bits per heavy atom. The van der Waals surface area contributed by atoms with Crippen LogP contribution in [-0.2, 0) is 9.59 Å². The number of carbonyl (C=O) groups excluding carboxylic acids is 2. The lowest BCUT2D eigenvalue weighted by molar-refractivity contribution is 0.0692. The number of carbonyl (C=O) groups is 1. The van der Waals surface area contributed by atoms with E-state index in [1.54, 1.807) is 12.1 Å². The van der Waals surface area contributed by atoms with Crippen molar-refractivity contribution in [3.05, 3.63) is 65.2 Å². The van der Waals surface area contributed by atoms with Gasteiger partial charge >= 0.3 is 5.97 Å². The quantitative estimate of drug-likeness (QED) is 0.241. The molecule has 0 aromatic heterocycles. The lowest BCUT2D eigenvalue weighted by atomic mass is 10.1. The summed E-state index contributed by atoms with van der Waals surface area (Å²) in [4.78, 5) is 27.8. The zero-order chi connectivity index (χ0) is 24.6. The number of hydrogen-bond acceptors (Lipinski definition) is 6. The third-order valence-corrected chi connectivity index (χ3v) is 4.13. The Morgan fingerprint density at radius 3 is 1.88 bits per heavy atom. The minimum Gasteiger partial charge on any atom is -0.492 e. The van der Waals surface area contributed by atoms with Gasteiger partial charge in [0.25, 0.3) is 0 Å². The third kappa shape index (κ3) is 17.3. The second kappa shape index (κ2) is 22.2. The van der Waals surface area contributed by atoms with Crippen LogP contribution < -0.4 is 4.74 Å². The van der Waals surface area contributed by atoms with Crippen LogP contribution in [0.15, 0.2) is 48.5 Å². The largest absolute Gasteiger partial charge is 0.492 e. The maximum absolute atomic E-state index is 11.1. The molecule has 0 heterocycles. The summed E-state index contributed by atoms with van der Waals surface area (Å²) in [5.41, 5.74) is 2.46. The van der Waals surface area contributed by atoms with E-state index < -0.39 is 5.97 Å². The minimum atomic E-state index is -0.929. The number of benzene rings is 2. The first-order valence-corrected chi connectivity index (χ1v) is 10.4. The molecule has 32 heavy (non-hydrogen) atoms. The van der Waals surface area contributed by atoms with Crippen LogP contribution in [0.5, 0.6) is 5.75 Å². The molecule has 0 amide bonds. The fourth-order valence-corrected chi connectivity index (χ4v) is 2.60. The second-order valence-electron chi connectivity index (χ2n) is 6.73. The number of ether oxygens (including phenoxy) is 1. The maximum atomic E-state index is 11.1. The lowest BCUT2D eigenvalue weighted by Crippen LogP contribution is -2.06. The van der Waals surface area contributed by atoms with Gasteiger partial charge in [0.1, 0.15) is 11.3 Å². The molecule has 2 rings (SSSR count). The van der Waals surface area contributed by atoms with E-state index in [1.807, 2.05) is 31.2 Å². The molecule has 0 bridgehead atoms. The van der Waals surface area contributed by atoms with E-state index in [-0.39, 0.29) is 5.56 Å². The number of carboxylic acids is 1. The molecule has 174 valence electrons. The summed E-state index contributed by atoms with van der Waals surface area (Å²) in [5, 5.41) is 19.9. The maximum Gasteiger partial charge on any atom is 0.339 e. The van der Waals surface area contributed by atoms with Gasteiger partial charge in [0.2, 0.25) is 12.2 Å². The Labute approximate surface area is 190 Å². The highest BCUT2D eigenvalue weighted by Gasteiger charge is 2.12. The van der Waals surface area contributed by atoms with Gasteiger partial charge in [-0.3, -0.25) is 0 Å². The molecule has 7 nitrogen and oxygen atoms in total. The van der Waals surface area contributed by atoms with E-state index in [2.05, 4.69) is 26.0 Å². The first kappa shape index (κ1) is 30.7. The van der Waals surface area contributed by atoms with Crippen molar-refractivity contribution in [2.45, 2.75) is 59.3 Å². The van der Waals surface area contributed by atoms with Gasteiger partial charge < -0.3 is 9.84 Å². The van der Waals surface area contributed by atoms with Crippen LogP contribution in [0.4, 0.5) is 0 Å². The van der Waals surface area contributed by atoms with Crippen molar-refractivity contribution in [3.8, 4) is 5.75 Å². The highest BCUT2D eigenvalue weighted by atomic mass is 16.5. The monoisotopic (exact) mass is 442 g/mol. The first-order chi connectivity index (χ1) is 15.4. The van der Waals surface area contributed by atoms with E-state index in [0.717, 1.165) is 30.6 Å². The Balaban J connectivity index is 0. The smallest absolute Gasteiger partial charge is 0.339 e. The minimum absolute atomic E-state index is 0.256. The predicted octanol–water partition coefficient (Wildman–Crippen LogP) is 6.23. The molecule has 0 aliphatic heterocycles. The summed E-state index contributed by atoms with van der Waals surface area (Å²) in [7, 11) is 0. The number of rotatable bonds is 9. The Morgan fingerprint density at radius 2 is 1.41 bits per heavy atom. The molecule has 2 aromatic rings. The molecule has 2 aromatic carbocycles. The molecule has 0 spiro atoms. The van der Waals surface area contributed by atoms with Crippen LogP contribution >= 0.6 is 0 Å². The highest BCUT2D eigenvalue weighted by Crippen LogP contribution is 2.23. The molecular formula is C25H34N2O5. The summed E-state index contributed by atoms with van der Waals surface area (Å²) >= 11 is 0. The molecule has 0 atom stereocenters. The highest BCUT2D eigenvalue weighted by molar-refractivity contribution is 5.91. The number of para-hydroxylation sites is 1. The average Bonchev–Trinajstić information content (AvgIpc) is 2.76. The van der Waals surface area contributed by atoms with Crippen molar-refractivity contribution in [3.63, 3.8) is 0 Å². The van der Waals surface area contributed by atoms with Gasteiger partial charge in [0.05, 0.1) is 6.61 Å². The molecule has 0 radical (unpaired) electrons. The number of hydrogen-bond donors (Lipinski definition) is 3. The topological polar surface area (TPSA) is 128 Å². The number of unbranched alkanes of at least 4 members (excludes halogenated alkanes) is 5. The van der Waals surface area contributed by atoms with Gasteiger partial charge in [-0.05, 0) is 31.9 Å². The molecule has 0 aliphatic carbocycles.